The van der Waals surface area contributed by atoms with Crippen LogP contribution in [0.3, 0.4) is 0 Å². The maximum absolute atomic E-state index is 13.8. The number of methoxy groups -OCH3 is 1. The highest BCUT2D eigenvalue weighted by molar-refractivity contribution is 5.98. The molecule has 0 aliphatic rings. The minimum atomic E-state index is -5.33. The zero-order chi connectivity index (χ0) is 20.1. The van der Waals surface area contributed by atoms with E-state index in [4.69, 9.17) is 0 Å². The van der Waals surface area contributed by atoms with Crippen LogP contribution >= 0.6 is 0 Å². The Labute approximate surface area is 151 Å². The van der Waals surface area contributed by atoms with Crippen molar-refractivity contribution in [3.8, 4) is 0 Å². The molecule has 0 spiro atoms. The van der Waals surface area contributed by atoms with Crippen molar-refractivity contribution in [2.24, 2.45) is 0 Å². The van der Waals surface area contributed by atoms with Gasteiger partial charge in [0, 0.05) is 5.69 Å². The lowest BCUT2D eigenvalue weighted by molar-refractivity contribution is -0.215. The van der Waals surface area contributed by atoms with E-state index in [0.717, 1.165) is 19.2 Å². The van der Waals surface area contributed by atoms with Gasteiger partial charge in [0.15, 0.2) is 0 Å². The van der Waals surface area contributed by atoms with Gasteiger partial charge >= 0.3 is 17.8 Å². The number of carbonyl (C=O) groups excluding carboxylic acids is 2. The Morgan fingerprint density at radius 3 is 2.11 bits per heavy atom. The predicted molar refractivity (Wildman–Crippen MR) is 87.9 cm³/mol. The zero-order valence-electron chi connectivity index (χ0n) is 13.9. The van der Waals surface area contributed by atoms with Crippen LogP contribution in [-0.2, 0) is 9.53 Å². The lowest BCUT2D eigenvalue weighted by Crippen LogP contribution is -2.73. The van der Waals surface area contributed by atoms with E-state index in [-0.39, 0.29) is 5.69 Å². The molecule has 10 heteroatoms. The molecule has 0 saturated heterocycles. The summed E-state index contributed by atoms with van der Waals surface area (Å²) in [6.07, 6.45) is -5.33. The number of rotatable bonds is 6. The first-order chi connectivity index (χ1) is 12.7. The second kappa shape index (κ2) is 8.04. The lowest BCUT2D eigenvalue weighted by Gasteiger charge is -2.34. The third-order valence-corrected chi connectivity index (χ3v) is 3.50. The van der Waals surface area contributed by atoms with Gasteiger partial charge < -0.3 is 15.5 Å². The number of para-hydroxylation sites is 1. The highest BCUT2D eigenvalue weighted by Crippen LogP contribution is 2.30. The summed E-state index contributed by atoms with van der Waals surface area (Å²) in [5.74, 6) is -4.35. The molecule has 27 heavy (non-hydrogen) atoms. The third kappa shape index (κ3) is 4.34. The largest absolute Gasteiger partial charge is 0.466 e. The molecule has 0 aliphatic heterocycles. The van der Waals surface area contributed by atoms with Gasteiger partial charge in [-0.15, -0.1) is 0 Å². The molecule has 0 bridgehead atoms. The summed E-state index contributed by atoms with van der Waals surface area (Å²) in [7, 11) is 0.724. The van der Waals surface area contributed by atoms with Gasteiger partial charge in [0.1, 0.15) is 5.82 Å². The van der Waals surface area contributed by atoms with Gasteiger partial charge in [0.05, 0.1) is 12.7 Å². The second-order valence-corrected chi connectivity index (χ2v) is 5.29. The maximum Gasteiger partial charge on any atom is 0.438 e. The van der Waals surface area contributed by atoms with E-state index in [0.29, 0.717) is 0 Å². The summed E-state index contributed by atoms with van der Waals surface area (Å²) in [4.78, 5) is 24.2. The van der Waals surface area contributed by atoms with E-state index >= 15 is 0 Å². The molecule has 0 radical (unpaired) electrons. The first-order valence-electron chi connectivity index (χ1n) is 7.51. The number of carbonyl (C=O) groups is 2. The normalized spacial score (nSPS) is 13.4. The number of nitrogens with one attached hydrogen (secondary N) is 3. The smallest absolute Gasteiger partial charge is 0.438 e. The standard InChI is InChI=1S/C17H15F4N3O3/c1-27-15(26)16(17(19,20)21,24-23-11-7-3-2-4-8-11)22-14(25)12-9-5-6-10-13(12)18/h2-10,23-24H,1H3,(H,22,25). The van der Waals surface area contributed by atoms with Gasteiger partial charge in [0.25, 0.3) is 5.91 Å². The number of amides is 1. The summed E-state index contributed by atoms with van der Waals surface area (Å²) in [5, 5.41) is 1.50. The Balaban J connectivity index is 2.40. The molecule has 3 N–H and O–H groups in total. The molecule has 2 rings (SSSR count). The van der Waals surface area contributed by atoms with Crippen LogP contribution in [0.15, 0.2) is 54.6 Å². The quantitative estimate of drug-likeness (QED) is 0.308. The molecule has 0 saturated carbocycles. The number of esters is 1. The van der Waals surface area contributed by atoms with Crippen molar-refractivity contribution in [2.75, 3.05) is 12.5 Å². The van der Waals surface area contributed by atoms with Crippen LogP contribution in [0.25, 0.3) is 0 Å². The Morgan fingerprint density at radius 2 is 1.56 bits per heavy atom. The van der Waals surface area contributed by atoms with E-state index in [1.54, 1.807) is 11.5 Å². The summed E-state index contributed by atoms with van der Waals surface area (Å²) in [5.41, 5.74) is -0.208. The molecule has 1 atom stereocenters. The molecule has 0 heterocycles. The topological polar surface area (TPSA) is 79.5 Å². The highest BCUT2D eigenvalue weighted by atomic mass is 19.4. The minimum Gasteiger partial charge on any atom is -0.466 e. The molecule has 2 aromatic carbocycles. The first-order valence-corrected chi connectivity index (χ1v) is 7.51. The van der Waals surface area contributed by atoms with Crippen molar-refractivity contribution in [3.05, 3.63) is 66.0 Å². The molecule has 1 amide bonds. The van der Waals surface area contributed by atoms with Gasteiger partial charge in [-0.2, -0.15) is 18.6 Å². The van der Waals surface area contributed by atoms with Crippen LogP contribution in [0.2, 0.25) is 0 Å². The summed E-state index contributed by atoms with van der Waals surface area (Å²) < 4.78 is 59.3. The number of hydrogen-bond donors (Lipinski definition) is 3. The zero-order valence-corrected chi connectivity index (χ0v) is 13.9. The van der Waals surface area contributed by atoms with Crippen molar-refractivity contribution in [1.82, 2.24) is 10.7 Å². The molecular weight excluding hydrogens is 370 g/mol. The Morgan fingerprint density at radius 1 is 0.963 bits per heavy atom. The lowest BCUT2D eigenvalue weighted by atomic mass is 10.1. The van der Waals surface area contributed by atoms with E-state index in [2.05, 4.69) is 10.2 Å². The Kier molecular flexibility index (Phi) is 6.01. The fourth-order valence-electron chi connectivity index (χ4n) is 2.11. The number of benzene rings is 2. The fraction of sp³-hybridized carbons (Fsp3) is 0.176. The molecule has 0 aliphatic carbocycles. The van der Waals surface area contributed by atoms with E-state index in [9.17, 15) is 27.2 Å². The summed E-state index contributed by atoms with van der Waals surface area (Å²) >= 11 is 0. The number of hydrazine groups is 1. The van der Waals surface area contributed by atoms with Crippen LogP contribution in [0.4, 0.5) is 23.2 Å². The van der Waals surface area contributed by atoms with Crippen LogP contribution in [-0.4, -0.2) is 30.8 Å². The van der Waals surface area contributed by atoms with Crippen LogP contribution in [0, 0.1) is 5.82 Å². The highest BCUT2D eigenvalue weighted by Gasteiger charge is 2.63. The Bertz CT molecular complexity index is 815. The number of halogens is 4. The van der Waals surface area contributed by atoms with Crippen molar-refractivity contribution < 1.29 is 31.9 Å². The molecule has 0 fully saturated rings. The third-order valence-electron chi connectivity index (χ3n) is 3.50. The van der Waals surface area contributed by atoms with E-state index in [1.807, 2.05) is 0 Å². The van der Waals surface area contributed by atoms with Gasteiger partial charge in [-0.3, -0.25) is 4.79 Å². The summed E-state index contributed by atoms with van der Waals surface area (Å²) in [6, 6.07) is 12.0. The van der Waals surface area contributed by atoms with Crippen LogP contribution < -0.4 is 16.2 Å². The fourth-order valence-corrected chi connectivity index (χ4v) is 2.11. The second-order valence-electron chi connectivity index (χ2n) is 5.29. The van der Waals surface area contributed by atoms with Crippen LogP contribution in [0.5, 0.6) is 0 Å². The number of alkyl halides is 3. The summed E-state index contributed by atoms with van der Waals surface area (Å²) in [6.45, 7) is 0. The SMILES string of the molecule is COC(=O)C(NNc1ccccc1)(NC(=O)c1ccccc1F)C(F)(F)F. The number of anilines is 1. The average molecular weight is 385 g/mol. The molecular formula is C17H15F4N3O3. The number of ether oxygens (including phenoxy) is 1. The minimum absolute atomic E-state index is 0.176. The number of hydrogen-bond acceptors (Lipinski definition) is 5. The molecule has 2 aromatic rings. The monoisotopic (exact) mass is 385 g/mol. The molecule has 6 nitrogen and oxygen atoms in total. The van der Waals surface area contributed by atoms with Crippen LogP contribution in [0.1, 0.15) is 10.4 Å². The van der Waals surface area contributed by atoms with Crippen molar-refractivity contribution in [1.29, 1.82) is 0 Å². The Hall–Kier alpha value is -3.14. The van der Waals surface area contributed by atoms with Crippen molar-refractivity contribution in [2.45, 2.75) is 11.8 Å². The van der Waals surface area contributed by atoms with Gasteiger partial charge in [-0.05, 0) is 24.3 Å². The van der Waals surface area contributed by atoms with Gasteiger partial charge in [0.2, 0.25) is 0 Å². The van der Waals surface area contributed by atoms with Crippen molar-refractivity contribution >= 4 is 17.6 Å². The average Bonchev–Trinajstić information content (AvgIpc) is 2.64. The molecule has 0 aromatic heterocycles. The van der Waals surface area contributed by atoms with E-state index < -0.39 is 35.1 Å². The van der Waals surface area contributed by atoms with Gasteiger partial charge in [-0.1, -0.05) is 30.3 Å². The molecule has 144 valence electrons. The van der Waals surface area contributed by atoms with E-state index in [1.165, 1.54) is 41.7 Å². The van der Waals surface area contributed by atoms with Gasteiger partial charge in [-0.25, -0.2) is 9.18 Å². The molecule has 1 unspecified atom stereocenters. The maximum atomic E-state index is 13.8. The predicted octanol–water partition coefficient (Wildman–Crippen LogP) is 2.60. The first kappa shape index (κ1) is 20.2. The van der Waals surface area contributed by atoms with Crippen molar-refractivity contribution in [3.63, 3.8) is 0 Å².